The Morgan fingerprint density at radius 3 is 1.12 bits per heavy atom. The quantitative estimate of drug-likeness (QED) is 0.0146. The zero-order valence-corrected chi connectivity index (χ0v) is 47.1. The predicted molar refractivity (Wildman–Crippen MR) is 289 cm³/mol. The van der Waals surface area contributed by atoms with Crippen LogP contribution in [0.3, 0.4) is 0 Å². The maximum atomic E-state index is 12.8. The number of hydrogen-bond donors (Lipinski definition) is 4. The van der Waals surface area contributed by atoms with E-state index < -0.39 is 91.5 Å². The third-order valence-electron chi connectivity index (χ3n) is 11.5. The van der Waals surface area contributed by atoms with Crippen LogP contribution >= 0.6 is 15.6 Å². The largest absolute Gasteiger partial charge is 0.472 e. The van der Waals surface area contributed by atoms with Gasteiger partial charge in [-0.15, -0.1) is 0 Å². The molecule has 0 saturated heterocycles. The van der Waals surface area contributed by atoms with E-state index in [0.29, 0.717) is 19.3 Å². The van der Waals surface area contributed by atoms with Crippen molar-refractivity contribution in [1.29, 1.82) is 0 Å². The monoisotopic (exact) mass is 1080 g/mol. The Hall–Kier alpha value is -2.49. The minimum Gasteiger partial charge on any atom is -0.463 e. The summed E-state index contributed by atoms with van der Waals surface area (Å²) in [4.78, 5) is 57.8. The summed E-state index contributed by atoms with van der Waals surface area (Å²) in [5, 5.41) is 20.4. The third-order valence-corrected chi connectivity index (χ3v) is 13.4. The molecule has 73 heavy (non-hydrogen) atoms. The van der Waals surface area contributed by atoms with Gasteiger partial charge in [0.15, 0.2) is 6.10 Å². The number of carbonyl (C=O) groups is 3. The van der Waals surface area contributed by atoms with Gasteiger partial charge in [0.25, 0.3) is 0 Å². The Morgan fingerprint density at radius 1 is 0.384 bits per heavy atom. The Kier molecular flexibility index (Phi) is 48.6. The molecule has 0 aliphatic carbocycles. The number of ether oxygens (including phenoxy) is 3. The van der Waals surface area contributed by atoms with E-state index in [1.807, 2.05) is 0 Å². The van der Waals surface area contributed by atoms with Gasteiger partial charge in [0.1, 0.15) is 25.4 Å². The molecule has 0 aromatic rings. The van der Waals surface area contributed by atoms with Crippen LogP contribution in [0, 0.1) is 0 Å². The Morgan fingerprint density at radius 2 is 0.712 bits per heavy atom. The number of carbonyl (C=O) groups excluding carboxylic acids is 3. The molecule has 0 aromatic heterocycles. The van der Waals surface area contributed by atoms with Gasteiger partial charge < -0.3 is 34.2 Å². The predicted octanol–water partition coefficient (Wildman–Crippen LogP) is 13.7. The first-order chi connectivity index (χ1) is 35.2. The number of rotatable bonds is 53. The average Bonchev–Trinajstić information content (AvgIpc) is 3.36. The van der Waals surface area contributed by atoms with Gasteiger partial charge in [-0.05, 0) is 70.6 Å². The van der Waals surface area contributed by atoms with E-state index in [1.165, 1.54) is 38.5 Å². The van der Waals surface area contributed by atoms with Crippen LogP contribution in [0.1, 0.15) is 226 Å². The molecule has 0 spiro atoms. The first-order valence-electron chi connectivity index (χ1n) is 27.9. The fraction of sp³-hybridized carbons (Fsp3) is 0.800. The van der Waals surface area contributed by atoms with E-state index in [-0.39, 0.29) is 19.3 Å². The minimum absolute atomic E-state index is 0.106. The van der Waals surface area contributed by atoms with Gasteiger partial charge in [0.05, 0.1) is 26.4 Å². The smallest absolute Gasteiger partial charge is 0.463 e. The zero-order valence-electron chi connectivity index (χ0n) is 45.3. The van der Waals surface area contributed by atoms with Crippen molar-refractivity contribution < 1.29 is 75.8 Å². The number of allylic oxidation sites excluding steroid dienone is 8. The van der Waals surface area contributed by atoms with Crippen LogP contribution in [-0.4, -0.2) is 95.9 Å². The molecule has 5 unspecified atom stereocenters. The molecule has 5 atom stereocenters. The van der Waals surface area contributed by atoms with E-state index >= 15 is 0 Å². The molecular formula is C55H100O16P2. The van der Waals surface area contributed by atoms with Crippen LogP contribution in [0.5, 0.6) is 0 Å². The van der Waals surface area contributed by atoms with Crippen molar-refractivity contribution in [2.75, 3.05) is 39.6 Å². The fourth-order valence-electron chi connectivity index (χ4n) is 7.17. The highest BCUT2D eigenvalue weighted by molar-refractivity contribution is 7.47. The van der Waals surface area contributed by atoms with Crippen LogP contribution in [0.25, 0.3) is 0 Å². The van der Waals surface area contributed by atoms with Gasteiger partial charge in [-0.25, -0.2) is 9.13 Å². The molecule has 0 aliphatic heterocycles. The van der Waals surface area contributed by atoms with Crippen LogP contribution in [0.2, 0.25) is 0 Å². The number of phosphoric acid groups is 2. The molecule has 0 aromatic carbocycles. The molecular weight excluding hydrogens is 979 g/mol. The summed E-state index contributed by atoms with van der Waals surface area (Å²) in [5.74, 6) is -1.60. The lowest BCUT2D eigenvalue weighted by Crippen LogP contribution is -2.30. The molecule has 16 nitrogen and oxygen atoms in total. The molecule has 4 N–H and O–H groups in total. The maximum absolute atomic E-state index is 12.8. The van der Waals surface area contributed by atoms with E-state index in [0.717, 1.165) is 128 Å². The molecule has 0 bridgehead atoms. The number of phosphoric ester groups is 2. The first kappa shape index (κ1) is 70.5. The topological polar surface area (TPSA) is 231 Å². The fourth-order valence-corrected chi connectivity index (χ4v) is 8.76. The number of hydrogen-bond acceptors (Lipinski definition) is 14. The second-order valence-corrected chi connectivity index (χ2v) is 21.6. The van der Waals surface area contributed by atoms with E-state index in [4.69, 9.17) is 32.3 Å². The standard InChI is InChI=1S/C55H100O16P2/c1-4-7-10-13-16-19-22-24-27-29-32-35-38-41-53(58)65-44-50(56)45-67-72(61,62)68-46-51(57)47-69-73(63,64)70-49-52(71-55(60)43-40-37-34-31-26-21-18-15-12-9-6-3)48-66-54(59)42-39-36-33-30-28-25-23-20-17-14-11-8-5-2/h10-11,13-14,19-20,22-23,50-52,56-57H,4-9,12,15-18,21,24-49H2,1-3H3,(H,61,62)(H,63,64)/b13-10-,14-11-,22-19-,23-20-. The summed E-state index contributed by atoms with van der Waals surface area (Å²) in [7, 11) is -9.74. The summed E-state index contributed by atoms with van der Waals surface area (Å²) in [6.07, 6.45) is 43.4. The summed E-state index contributed by atoms with van der Waals surface area (Å²) in [6, 6.07) is 0. The number of esters is 3. The van der Waals surface area contributed by atoms with Crippen LogP contribution in [-0.2, 0) is 55.8 Å². The summed E-state index contributed by atoms with van der Waals surface area (Å²) < 4.78 is 60.4. The van der Waals surface area contributed by atoms with E-state index in [2.05, 4.69) is 69.4 Å². The normalized spacial score (nSPS) is 15.0. The van der Waals surface area contributed by atoms with Crippen molar-refractivity contribution in [3.05, 3.63) is 48.6 Å². The molecule has 0 fully saturated rings. The lowest BCUT2D eigenvalue weighted by Gasteiger charge is -2.21. The van der Waals surface area contributed by atoms with Gasteiger partial charge in [0.2, 0.25) is 0 Å². The third kappa shape index (κ3) is 51.4. The molecule has 0 amide bonds. The van der Waals surface area contributed by atoms with Gasteiger partial charge in [-0.2, -0.15) is 0 Å². The van der Waals surface area contributed by atoms with Gasteiger partial charge in [-0.3, -0.25) is 32.5 Å². The lowest BCUT2D eigenvalue weighted by molar-refractivity contribution is -0.161. The highest BCUT2D eigenvalue weighted by atomic mass is 31.2. The number of aliphatic hydroxyl groups is 2. The second kappa shape index (κ2) is 50.3. The highest BCUT2D eigenvalue weighted by Gasteiger charge is 2.29. The van der Waals surface area contributed by atoms with Crippen molar-refractivity contribution in [2.45, 2.75) is 245 Å². The summed E-state index contributed by atoms with van der Waals surface area (Å²) in [6.45, 7) is 2.46. The SMILES string of the molecule is CCC/C=C\C/C=C\CCCCCCCC(=O)OCC(O)COP(=O)(O)OCC(O)COP(=O)(O)OCC(COC(=O)CCCCCCC/C=C\C/C=C\CCC)OC(=O)CCCCCCCCCCCCC. The maximum Gasteiger partial charge on any atom is 0.472 e. The number of unbranched alkanes of at least 4 members (excludes halogenated alkanes) is 22. The summed E-state index contributed by atoms with van der Waals surface area (Å²) >= 11 is 0. The van der Waals surface area contributed by atoms with Gasteiger partial charge in [-0.1, -0.05) is 185 Å². The van der Waals surface area contributed by atoms with Crippen LogP contribution in [0.4, 0.5) is 0 Å². The highest BCUT2D eigenvalue weighted by Crippen LogP contribution is 2.45. The second-order valence-electron chi connectivity index (χ2n) is 18.7. The lowest BCUT2D eigenvalue weighted by atomic mass is 10.1. The van der Waals surface area contributed by atoms with Crippen molar-refractivity contribution >= 4 is 33.6 Å². The molecule has 0 aliphatic rings. The Balaban J connectivity index is 4.70. The Labute approximate surface area is 440 Å². The minimum atomic E-state index is -4.91. The average molecular weight is 1080 g/mol. The van der Waals surface area contributed by atoms with Crippen molar-refractivity contribution in [1.82, 2.24) is 0 Å². The van der Waals surface area contributed by atoms with E-state index in [1.54, 1.807) is 0 Å². The number of aliphatic hydroxyl groups excluding tert-OH is 2. The molecule has 18 heteroatoms. The first-order valence-corrected chi connectivity index (χ1v) is 30.9. The van der Waals surface area contributed by atoms with Crippen molar-refractivity contribution in [3.63, 3.8) is 0 Å². The van der Waals surface area contributed by atoms with Crippen molar-refractivity contribution in [2.24, 2.45) is 0 Å². The van der Waals surface area contributed by atoms with Crippen LogP contribution in [0.15, 0.2) is 48.6 Å². The van der Waals surface area contributed by atoms with Gasteiger partial charge in [0, 0.05) is 19.3 Å². The molecule has 0 rings (SSSR count). The molecule has 0 radical (unpaired) electrons. The Bertz CT molecular complexity index is 1550. The van der Waals surface area contributed by atoms with Crippen LogP contribution < -0.4 is 0 Å². The van der Waals surface area contributed by atoms with Gasteiger partial charge >= 0.3 is 33.6 Å². The molecule has 0 saturated carbocycles. The summed E-state index contributed by atoms with van der Waals surface area (Å²) in [5.41, 5.74) is 0. The van der Waals surface area contributed by atoms with E-state index in [9.17, 15) is 43.5 Å². The molecule has 426 valence electrons. The zero-order chi connectivity index (χ0) is 53.9. The van der Waals surface area contributed by atoms with Crippen molar-refractivity contribution in [3.8, 4) is 0 Å². The molecule has 0 heterocycles.